The van der Waals surface area contributed by atoms with Crippen LogP contribution in [0.2, 0.25) is 0 Å². The zero-order chi connectivity index (χ0) is 20.5. The highest BCUT2D eigenvalue weighted by Crippen LogP contribution is 2.42. The van der Waals surface area contributed by atoms with E-state index < -0.39 is 21.0 Å². The fraction of sp³-hybridized carbons (Fsp3) is 0.368. The summed E-state index contributed by atoms with van der Waals surface area (Å²) in [5.74, 6) is 1.18. The first kappa shape index (κ1) is 20.1. The topological polar surface area (TPSA) is 99.0 Å². The lowest BCUT2D eigenvalue weighted by atomic mass is 10.0. The number of nitrogens with zero attached hydrogens (tertiary/aromatic N) is 2. The molecular formula is C19H22N2O6S. The number of sulfonamides is 1. The fourth-order valence-electron chi connectivity index (χ4n) is 3.55. The summed E-state index contributed by atoms with van der Waals surface area (Å²) in [6.45, 7) is 1.96. The van der Waals surface area contributed by atoms with Gasteiger partial charge in [0.25, 0.3) is 5.69 Å². The molecule has 0 amide bonds. The Hall–Kier alpha value is -2.65. The van der Waals surface area contributed by atoms with Gasteiger partial charge in [0.2, 0.25) is 10.0 Å². The highest BCUT2D eigenvalue weighted by Gasteiger charge is 2.38. The lowest BCUT2D eigenvalue weighted by Crippen LogP contribution is -2.31. The number of non-ortho nitro benzene ring substituents is 1. The highest BCUT2D eigenvalue weighted by atomic mass is 32.2. The summed E-state index contributed by atoms with van der Waals surface area (Å²) in [5, 5.41) is 11.1. The number of nitro groups is 1. The Morgan fingerprint density at radius 2 is 1.89 bits per heavy atom. The molecule has 150 valence electrons. The molecule has 0 aromatic heterocycles. The van der Waals surface area contributed by atoms with Gasteiger partial charge in [-0.1, -0.05) is 6.07 Å². The first-order valence-corrected chi connectivity index (χ1v) is 10.2. The molecule has 1 aliphatic rings. The van der Waals surface area contributed by atoms with Crippen LogP contribution in [0.15, 0.2) is 41.3 Å². The van der Waals surface area contributed by atoms with E-state index in [4.69, 9.17) is 9.47 Å². The van der Waals surface area contributed by atoms with Crippen LogP contribution in [0.1, 0.15) is 30.0 Å². The SMILES string of the molecule is COc1ccc(OC)c(C2CCCN2S(=O)(=O)c2cc([N+](=O)[O-])ccc2C)c1. The van der Waals surface area contributed by atoms with Crippen molar-refractivity contribution in [3.05, 3.63) is 57.6 Å². The largest absolute Gasteiger partial charge is 0.497 e. The lowest BCUT2D eigenvalue weighted by molar-refractivity contribution is -0.385. The number of hydrogen-bond donors (Lipinski definition) is 0. The molecular weight excluding hydrogens is 384 g/mol. The van der Waals surface area contributed by atoms with Crippen molar-refractivity contribution in [2.45, 2.75) is 30.7 Å². The molecule has 1 aliphatic heterocycles. The fourth-order valence-corrected chi connectivity index (χ4v) is 5.47. The van der Waals surface area contributed by atoms with Gasteiger partial charge >= 0.3 is 0 Å². The summed E-state index contributed by atoms with van der Waals surface area (Å²) in [6.07, 6.45) is 1.30. The Balaban J connectivity index is 2.08. The number of rotatable bonds is 6. The Bertz CT molecular complexity index is 1010. The molecule has 2 aromatic rings. The molecule has 2 aromatic carbocycles. The Labute approximate surface area is 163 Å². The van der Waals surface area contributed by atoms with Crippen molar-refractivity contribution < 1.29 is 22.8 Å². The van der Waals surface area contributed by atoms with Crippen molar-refractivity contribution in [2.24, 2.45) is 0 Å². The van der Waals surface area contributed by atoms with Crippen molar-refractivity contribution in [1.29, 1.82) is 0 Å². The average Bonchev–Trinajstić information content (AvgIpc) is 3.18. The number of nitro benzene ring substituents is 1. The molecule has 9 heteroatoms. The summed E-state index contributed by atoms with van der Waals surface area (Å²) < 4.78 is 38.9. The Morgan fingerprint density at radius 1 is 1.14 bits per heavy atom. The van der Waals surface area contributed by atoms with Crippen molar-refractivity contribution in [1.82, 2.24) is 4.31 Å². The van der Waals surface area contributed by atoms with Crippen LogP contribution in [0.4, 0.5) is 5.69 Å². The van der Waals surface area contributed by atoms with Gasteiger partial charge in [0.05, 0.1) is 30.1 Å². The maximum Gasteiger partial charge on any atom is 0.270 e. The van der Waals surface area contributed by atoms with Gasteiger partial charge in [-0.15, -0.1) is 0 Å². The number of benzene rings is 2. The summed E-state index contributed by atoms with van der Waals surface area (Å²) in [7, 11) is -0.860. The first-order valence-electron chi connectivity index (χ1n) is 8.78. The number of ether oxygens (including phenoxy) is 2. The van der Waals surface area contributed by atoms with Crippen LogP contribution >= 0.6 is 0 Å². The lowest BCUT2D eigenvalue weighted by Gasteiger charge is -2.26. The van der Waals surface area contributed by atoms with Crippen LogP contribution in [0, 0.1) is 17.0 Å². The minimum atomic E-state index is -3.93. The van der Waals surface area contributed by atoms with Gasteiger partial charge in [0.15, 0.2) is 0 Å². The van der Waals surface area contributed by atoms with Gasteiger partial charge in [0.1, 0.15) is 11.5 Å². The maximum atomic E-state index is 13.4. The zero-order valence-corrected chi connectivity index (χ0v) is 16.7. The molecule has 1 saturated heterocycles. The van der Waals surface area contributed by atoms with E-state index >= 15 is 0 Å². The van der Waals surface area contributed by atoms with Crippen LogP contribution in [-0.2, 0) is 10.0 Å². The van der Waals surface area contributed by atoms with Gasteiger partial charge < -0.3 is 9.47 Å². The molecule has 0 aliphatic carbocycles. The van der Waals surface area contributed by atoms with E-state index in [0.717, 1.165) is 6.07 Å². The number of aryl methyl sites for hydroxylation is 1. The van der Waals surface area contributed by atoms with E-state index in [1.165, 1.54) is 23.5 Å². The molecule has 1 heterocycles. The normalized spacial score (nSPS) is 17.5. The van der Waals surface area contributed by atoms with Gasteiger partial charge in [-0.3, -0.25) is 10.1 Å². The van der Waals surface area contributed by atoms with Crippen molar-refractivity contribution in [2.75, 3.05) is 20.8 Å². The molecule has 0 radical (unpaired) electrons. The first-order chi connectivity index (χ1) is 13.3. The standard InChI is InChI=1S/C19H22N2O6S/c1-13-6-7-14(21(22)23)11-19(13)28(24,25)20-10-4-5-17(20)16-12-15(26-2)8-9-18(16)27-3/h6-9,11-12,17H,4-5,10H2,1-3H3. The predicted octanol–water partition coefficient (Wildman–Crippen LogP) is 3.45. The monoisotopic (exact) mass is 406 g/mol. The van der Waals surface area contributed by atoms with Crippen LogP contribution in [0.5, 0.6) is 11.5 Å². The van der Waals surface area contributed by atoms with Crippen LogP contribution < -0.4 is 9.47 Å². The van der Waals surface area contributed by atoms with E-state index in [0.29, 0.717) is 42.0 Å². The summed E-state index contributed by atoms with van der Waals surface area (Å²) in [6, 6.07) is 8.73. The van der Waals surface area contributed by atoms with Crippen LogP contribution in [0.25, 0.3) is 0 Å². The third-order valence-corrected chi connectivity index (χ3v) is 7.02. The number of methoxy groups -OCH3 is 2. The number of hydrogen-bond acceptors (Lipinski definition) is 6. The predicted molar refractivity (Wildman–Crippen MR) is 103 cm³/mol. The Kier molecular flexibility index (Phi) is 5.57. The van der Waals surface area contributed by atoms with E-state index in [-0.39, 0.29) is 10.6 Å². The third-order valence-electron chi connectivity index (χ3n) is 4.97. The second kappa shape index (κ2) is 7.76. The second-order valence-corrected chi connectivity index (χ2v) is 8.45. The molecule has 1 fully saturated rings. The second-order valence-electron chi connectivity index (χ2n) is 6.59. The zero-order valence-electron chi connectivity index (χ0n) is 15.9. The summed E-state index contributed by atoms with van der Waals surface area (Å²) in [5.41, 5.74) is 0.929. The minimum Gasteiger partial charge on any atom is -0.497 e. The maximum absolute atomic E-state index is 13.4. The van der Waals surface area contributed by atoms with E-state index in [1.54, 1.807) is 32.2 Å². The summed E-state index contributed by atoms with van der Waals surface area (Å²) in [4.78, 5) is 10.5. The molecule has 8 nitrogen and oxygen atoms in total. The molecule has 3 rings (SSSR count). The van der Waals surface area contributed by atoms with E-state index in [1.807, 2.05) is 0 Å². The quantitative estimate of drug-likeness (QED) is 0.538. The van der Waals surface area contributed by atoms with Crippen LogP contribution in [-0.4, -0.2) is 38.4 Å². The third kappa shape index (κ3) is 3.55. The highest BCUT2D eigenvalue weighted by molar-refractivity contribution is 7.89. The minimum absolute atomic E-state index is 0.0459. The van der Waals surface area contributed by atoms with Gasteiger partial charge in [-0.05, 0) is 43.5 Å². The molecule has 0 N–H and O–H groups in total. The van der Waals surface area contributed by atoms with E-state index in [2.05, 4.69) is 0 Å². The van der Waals surface area contributed by atoms with Gasteiger partial charge in [-0.2, -0.15) is 4.31 Å². The molecule has 28 heavy (non-hydrogen) atoms. The Morgan fingerprint density at radius 3 is 2.54 bits per heavy atom. The molecule has 1 unspecified atom stereocenters. The van der Waals surface area contributed by atoms with Crippen molar-refractivity contribution in [3.8, 4) is 11.5 Å². The smallest absolute Gasteiger partial charge is 0.270 e. The van der Waals surface area contributed by atoms with Crippen molar-refractivity contribution >= 4 is 15.7 Å². The molecule has 1 atom stereocenters. The van der Waals surface area contributed by atoms with Gasteiger partial charge in [0, 0.05) is 24.2 Å². The molecule has 0 spiro atoms. The molecule has 0 saturated carbocycles. The average molecular weight is 406 g/mol. The van der Waals surface area contributed by atoms with Gasteiger partial charge in [-0.25, -0.2) is 8.42 Å². The van der Waals surface area contributed by atoms with E-state index in [9.17, 15) is 18.5 Å². The van der Waals surface area contributed by atoms with Crippen molar-refractivity contribution in [3.63, 3.8) is 0 Å². The molecule has 0 bridgehead atoms. The summed E-state index contributed by atoms with van der Waals surface area (Å²) >= 11 is 0. The van der Waals surface area contributed by atoms with Crippen LogP contribution in [0.3, 0.4) is 0 Å².